The summed E-state index contributed by atoms with van der Waals surface area (Å²) in [5.74, 6) is 1.99. The van der Waals surface area contributed by atoms with Crippen LogP contribution in [0.2, 0.25) is 0 Å². The fourth-order valence-corrected chi connectivity index (χ4v) is 3.60. The Kier molecular flexibility index (Phi) is 7.28. The summed E-state index contributed by atoms with van der Waals surface area (Å²) in [4.78, 5) is 9.44. The van der Waals surface area contributed by atoms with E-state index in [1.807, 2.05) is 24.3 Å². The smallest absolute Gasteiger partial charge is 0.213 e. The molecule has 0 aromatic carbocycles. The highest BCUT2D eigenvalue weighted by atomic mass is 16.6. The molecular weight excluding hydrogens is 372 g/mol. The van der Waals surface area contributed by atoms with Gasteiger partial charge in [0.25, 0.3) is 0 Å². The standard InChI is InChI=1S/C22H28N2O5/c1-3-19-17-7-8-18(17)20-4-2-6-22(24-20)29-16-14-27-12-10-25-9-11-26-13-15-28-21(5-1)23-19/h1-6,17-18H,7-16H2/t17-,18+. The Morgan fingerprint density at radius 3 is 1.38 bits per heavy atom. The first-order valence-corrected chi connectivity index (χ1v) is 10.3. The second-order valence-corrected chi connectivity index (χ2v) is 7.13. The molecule has 1 aliphatic carbocycles. The lowest BCUT2D eigenvalue weighted by Crippen LogP contribution is -2.24. The van der Waals surface area contributed by atoms with E-state index in [2.05, 4.69) is 12.1 Å². The first-order valence-electron chi connectivity index (χ1n) is 10.3. The first-order chi connectivity index (χ1) is 14.4. The van der Waals surface area contributed by atoms with Gasteiger partial charge in [-0.3, -0.25) is 0 Å². The number of nitrogens with zero attached hydrogens (tertiary/aromatic N) is 2. The van der Waals surface area contributed by atoms with Gasteiger partial charge in [-0.1, -0.05) is 12.1 Å². The predicted molar refractivity (Wildman–Crippen MR) is 107 cm³/mol. The van der Waals surface area contributed by atoms with Gasteiger partial charge in [0.2, 0.25) is 11.8 Å². The summed E-state index contributed by atoms with van der Waals surface area (Å²) < 4.78 is 28.1. The number of hydrogen-bond donors (Lipinski definition) is 0. The molecule has 1 aliphatic heterocycles. The molecule has 7 heteroatoms. The van der Waals surface area contributed by atoms with E-state index in [1.165, 1.54) is 0 Å². The van der Waals surface area contributed by atoms with Crippen LogP contribution in [-0.2, 0) is 14.2 Å². The zero-order chi connectivity index (χ0) is 19.7. The minimum absolute atomic E-state index is 0.354. The number of aromatic nitrogens is 2. The van der Waals surface area contributed by atoms with Crippen LogP contribution in [-0.4, -0.2) is 62.8 Å². The number of ether oxygens (including phenoxy) is 5. The molecule has 4 bridgehead atoms. The van der Waals surface area contributed by atoms with E-state index >= 15 is 0 Å². The Morgan fingerprint density at radius 1 is 0.552 bits per heavy atom. The lowest BCUT2D eigenvalue weighted by Gasteiger charge is -2.36. The van der Waals surface area contributed by atoms with Gasteiger partial charge < -0.3 is 23.7 Å². The van der Waals surface area contributed by atoms with Crippen molar-refractivity contribution < 1.29 is 23.7 Å². The average Bonchev–Trinajstić information content (AvgIpc) is 2.71. The summed E-state index contributed by atoms with van der Waals surface area (Å²) in [6.45, 7) is 4.08. The molecule has 0 spiro atoms. The third-order valence-electron chi connectivity index (χ3n) is 5.22. The van der Waals surface area contributed by atoms with Crippen molar-refractivity contribution in [3.05, 3.63) is 47.8 Å². The SMILES string of the molecule is c1cc2nc(c1)[C@H]1CC[C@H]1c1cccc(n1)OCCOCCOCCOCCO2. The van der Waals surface area contributed by atoms with Crippen LogP contribution in [0, 0.1) is 0 Å². The van der Waals surface area contributed by atoms with Gasteiger partial charge in [-0.25, -0.2) is 9.97 Å². The molecule has 2 aromatic rings. The molecule has 1 fully saturated rings. The van der Waals surface area contributed by atoms with E-state index in [9.17, 15) is 0 Å². The van der Waals surface area contributed by atoms with Gasteiger partial charge >= 0.3 is 0 Å². The molecule has 2 atom stereocenters. The van der Waals surface area contributed by atoms with E-state index < -0.39 is 0 Å². The summed E-state index contributed by atoms with van der Waals surface area (Å²) in [5, 5.41) is 0. The van der Waals surface area contributed by atoms with Crippen LogP contribution in [0.5, 0.6) is 11.8 Å². The molecule has 0 saturated heterocycles. The Hall–Kier alpha value is -2.22. The highest BCUT2D eigenvalue weighted by Gasteiger charge is 2.35. The maximum atomic E-state index is 5.76. The van der Waals surface area contributed by atoms with Crippen molar-refractivity contribution >= 4 is 0 Å². The minimum atomic E-state index is 0.354. The molecule has 0 unspecified atom stereocenters. The van der Waals surface area contributed by atoms with Crippen molar-refractivity contribution in [1.82, 2.24) is 9.97 Å². The zero-order valence-corrected chi connectivity index (χ0v) is 16.6. The van der Waals surface area contributed by atoms with E-state index in [1.54, 1.807) is 0 Å². The van der Waals surface area contributed by atoms with E-state index in [0.717, 1.165) is 24.2 Å². The van der Waals surface area contributed by atoms with E-state index in [-0.39, 0.29) is 0 Å². The summed E-state index contributed by atoms with van der Waals surface area (Å²) >= 11 is 0. The number of fused-ring (bicyclic) bond motifs is 7. The summed E-state index contributed by atoms with van der Waals surface area (Å²) in [6, 6.07) is 11.9. The van der Waals surface area contributed by atoms with Crippen molar-refractivity contribution in [3.63, 3.8) is 0 Å². The van der Waals surface area contributed by atoms with Crippen LogP contribution in [0.25, 0.3) is 0 Å². The molecule has 0 amide bonds. The number of pyridine rings is 2. The quantitative estimate of drug-likeness (QED) is 0.673. The molecular formula is C22H28N2O5. The molecule has 2 aliphatic rings. The maximum Gasteiger partial charge on any atom is 0.213 e. The van der Waals surface area contributed by atoms with Crippen LogP contribution in [0.3, 0.4) is 0 Å². The number of rotatable bonds is 0. The monoisotopic (exact) mass is 400 g/mol. The summed E-state index contributed by atoms with van der Waals surface area (Å²) in [7, 11) is 0. The first kappa shape index (κ1) is 20.1. The fraction of sp³-hybridized carbons (Fsp3) is 0.545. The lowest BCUT2D eigenvalue weighted by molar-refractivity contribution is 0.00459. The lowest BCUT2D eigenvalue weighted by atomic mass is 9.70. The van der Waals surface area contributed by atoms with Gasteiger partial charge in [0.05, 0.1) is 39.6 Å². The van der Waals surface area contributed by atoms with Crippen molar-refractivity contribution in [1.29, 1.82) is 0 Å². The summed E-state index contributed by atoms with van der Waals surface area (Å²) in [5.41, 5.74) is 2.11. The highest BCUT2D eigenvalue weighted by Crippen LogP contribution is 2.48. The van der Waals surface area contributed by atoms with Gasteiger partial charge in [0, 0.05) is 35.4 Å². The average molecular weight is 400 g/mol. The third kappa shape index (κ3) is 5.65. The van der Waals surface area contributed by atoms with Gasteiger partial charge in [-0.05, 0) is 25.0 Å². The van der Waals surface area contributed by atoms with Crippen LogP contribution < -0.4 is 9.47 Å². The van der Waals surface area contributed by atoms with E-state index in [4.69, 9.17) is 33.7 Å². The molecule has 0 radical (unpaired) electrons. The second-order valence-electron chi connectivity index (χ2n) is 7.13. The Balaban J connectivity index is 1.45. The van der Waals surface area contributed by atoms with Gasteiger partial charge in [-0.2, -0.15) is 0 Å². The highest BCUT2D eigenvalue weighted by molar-refractivity contribution is 5.28. The predicted octanol–water partition coefficient (Wildman–Crippen LogP) is 2.96. The largest absolute Gasteiger partial charge is 0.475 e. The van der Waals surface area contributed by atoms with Crippen LogP contribution in [0.1, 0.15) is 36.1 Å². The van der Waals surface area contributed by atoms with Crippen molar-refractivity contribution in [2.45, 2.75) is 24.7 Å². The Labute approximate surface area is 171 Å². The molecule has 29 heavy (non-hydrogen) atoms. The van der Waals surface area contributed by atoms with Crippen molar-refractivity contribution in [2.24, 2.45) is 0 Å². The maximum absolute atomic E-state index is 5.76. The van der Waals surface area contributed by atoms with Crippen LogP contribution >= 0.6 is 0 Å². The Morgan fingerprint density at radius 2 is 0.966 bits per heavy atom. The van der Waals surface area contributed by atoms with E-state index in [0.29, 0.717) is 76.5 Å². The second kappa shape index (κ2) is 10.5. The molecule has 3 heterocycles. The summed E-state index contributed by atoms with van der Waals surface area (Å²) in [6.07, 6.45) is 2.20. The molecule has 7 nitrogen and oxygen atoms in total. The fourth-order valence-electron chi connectivity index (χ4n) is 3.60. The normalized spacial score (nSPS) is 24.0. The molecule has 2 aromatic heterocycles. The third-order valence-corrected chi connectivity index (χ3v) is 5.22. The van der Waals surface area contributed by atoms with Crippen molar-refractivity contribution in [3.8, 4) is 11.8 Å². The van der Waals surface area contributed by atoms with Crippen molar-refractivity contribution in [2.75, 3.05) is 52.9 Å². The van der Waals surface area contributed by atoms with Gasteiger partial charge in [0.15, 0.2) is 0 Å². The van der Waals surface area contributed by atoms with Gasteiger partial charge in [-0.15, -0.1) is 0 Å². The minimum Gasteiger partial charge on any atom is -0.475 e. The van der Waals surface area contributed by atoms with Gasteiger partial charge in [0.1, 0.15) is 13.2 Å². The van der Waals surface area contributed by atoms with Crippen LogP contribution in [0.4, 0.5) is 0 Å². The Bertz CT molecular complexity index is 709. The topological polar surface area (TPSA) is 71.9 Å². The molecule has 156 valence electrons. The molecule has 0 N–H and O–H groups in total. The number of hydrogen-bond acceptors (Lipinski definition) is 7. The zero-order valence-electron chi connectivity index (χ0n) is 16.6. The molecule has 1 saturated carbocycles. The van der Waals surface area contributed by atoms with Crippen LogP contribution in [0.15, 0.2) is 36.4 Å². The molecule has 4 rings (SSSR count).